The van der Waals surface area contributed by atoms with Crippen LogP contribution >= 0.6 is 0 Å². The summed E-state index contributed by atoms with van der Waals surface area (Å²) in [5.41, 5.74) is 0.0931. The van der Waals surface area contributed by atoms with Gasteiger partial charge in [0, 0.05) is 17.3 Å². The van der Waals surface area contributed by atoms with Gasteiger partial charge in [-0.05, 0) is 13.0 Å². The van der Waals surface area contributed by atoms with Gasteiger partial charge in [0.1, 0.15) is 0 Å². The zero-order chi connectivity index (χ0) is 8.43. The monoisotopic (exact) mass is 161 g/mol. The first-order chi connectivity index (χ1) is 5.11. The molecule has 0 amide bonds. The van der Waals surface area contributed by atoms with E-state index in [1.165, 1.54) is 13.0 Å². The molecule has 0 N–H and O–H groups in total. The SMILES string of the molecule is Cc1cc(C(=O)[O-])cnc1F.[Li+]. The second-order valence-electron chi connectivity index (χ2n) is 2.12. The molecule has 0 atom stereocenters. The summed E-state index contributed by atoms with van der Waals surface area (Å²) >= 11 is 0. The van der Waals surface area contributed by atoms with E-state index in [-0.39, 0.29) is 30.0 Å². The summed E-state index contributed by atoms with van der Waals surface area (Å²) < 4.78 is 12.4. The second kappa shape index (κ2) is 4.24. The molecule has 0 unspecified atom stereocenters. The molecule has 5 heteroatoms. The fourth-order valence-corrected chi connectivity index (χ4v) is 0.670. The number of hydrogen-bond acceptors (Lipinski definition) is 3. The molecule has 0 aliphatic rings. The Morgan fingerprint density at radius 1 is 1.67 bits per heavy atom. The van der Waals surface area contributed by atoms with Gasteiger partial charge in [0.25, 0.3) is 0 Å². The fraction of sp³-hybridized carbons (Fsp3) is 0.143. The van der Waals surface area contributed by atoms with Gasteiger partial charge in [-0.15, -0.1) is 0 Å². The van der Waals surface area contributed by atoms with E-state index < -0.39 is 11.9 Å². The number of carbonyl (C=O) groups is 1. The summed E-state index contributed by atoms with van der Waals surface area (Å²) in [5.74, 6) is -2.00. The number of hydrogen-bond donors (Lipinski definition) is 0. The van der Waals surface area contributed by atoms with Crippen LogP contribution in [0.4, 0.5) is 4.39 Å². The number of halogens is 1. The van der Waals surface area contributed by atoms with Gasteiger partial charge in [-0.3, -0.25) is 0 Å². The summed E-state index contributed by atoms with van der Waals surface area (Å²) in [6, 6.07) is 1.18. The quantitative estimate of drug-likeness (QED) is 0.324. The summed E-state index contributed by atoms with van der Waals surface area (Å²) in [7, 11) is 0. The van der Waals surface area contributed by atoms with Crippen LogP contribution in [0.25, 0.3) is 0 Å². The molecule has 0 radical (unpaired) electrons. The first kappa shape index (κ1) is 11.1. The van der Waals surface area contributed by atoms with Crippen molar-refractivity contribution in [3.8, 4) is 0 Å². The number of carbonyl (C=O) groups excluding carboxylic acids is 1. The Hall–Kier alpha value is -0.853. The largest absolute Gasteiger partial charge is 1.00 e. The number of carboxylic acid groups (broad SMARTS) is 1. The van der Waals surface area contributed by atoms with Gasteiger partial charge in [-0.2, -0.15) is 4.39 Å². The molecule has 1 rings (SSSR count). The Morgan fingerprint density at radius 2 is 2.25 bits per heavy atom. The maximum absolute atomic E-state index is 12.4. The summed E-state index contributed by atoms with van der Waals surface area (Å²) in [5, 5.41) is 10.2. The van der Waals surface area contributed by atoms with E-state index in [0.29, 0.717) is 0 Å². The molecule has 1 aromatic heterocycles. The van der Waals surface area contributed by atoms with Crippen LogP contribution in [0.1, 0.15) is 15.9 Å². The van der Waals surface area contributed by atoms with Crippen molar-refractivity contribution in [1.82, 2.24) is 4.98 Å². The zero-order valence-electron chi connectivity index (χ0n) is 6.80. The molecule has 0 aliphatic carbocycles. The van der Waals surface area contributed by atoms with Gasteiger partial charge in [0.15, 0.2) is 0 Å². The molecular formula is C7H5FLiNO2. The number of carboxylic acids is 1. The van der Waals surface area contributed by atoms with E-state index in [1.54, 1.807) is 0 Å². The summed E-state index contributed by atoms with van der Waals surface area (Å²) in [6.07, 6.45) is 0.928. The molecule has 58 valence electrons. The van der Waals surface area contributed by atoms with Crippen molar-refractivity contribution in [3.63, 3.8) is 0 Å². The average Bonchev–Trinajstić information content (AvgIpc) is 1.94. The predicted octanol–water partition coefficient (Wildman–Crippen LogP) is -3.10. The fourth-order valence-electron chi connectivity index (χ4n) is 0.670. The normalized spacial score (nSPS) is 8.83. The van der Waals surface area contributed by atoms with Gasteiger partial charge in [-0.1, -0.05) is 0 Å². The Bertz CT molecular complexity index is 303. The molecule has 0 fully saturated rings. The van der Waals surface area contributed by atoms with E-state index >= 15 is 0 Å². The van der Waals surface area contributed by atoms with E-state index in [4.69, 9.17) is 0 Å². The third-order valence-electron chi connectivity index (χ3n) is 1.25. The van der Waals surface area contributed by atoms with Crippen molar-refractivity contribution in [3.05, 3.63) is 29.3 Å². The van der Waals surface area contributed by atoms with Crippen molar-refractivity contribution in [2.45, 2.75) is 6.92 Å². The maximum Gasteiger partial charge on any atom is 1.00 e. The Labute approximate surface area is 80.8 Å². The average molecular weight is 161 g/mol. The van der Waals surface area contributed by atoms with Gasteiger partial charge in [-0.25, -0.2) is 4.98 Å². The first-order valence-corrected chi connectivity index (χ1v) is 2.95. The van der Waals surface area contributed by atoms with Crippen LogP contribution in [-0.2, 0) is 0 Å². The van der Waals surface area contributed by atoms with Crippen molar-refractivity contribution in [1.29, 1.82) is 0 Å². The summed E-state index contributed by atoms with van der Waals surface area (Å²) in [6.45, 7) is 1.44. The third-order valence-corrected chi connectivity index (χ3v) is 1.25. The Morgan fingerprint density at radius 3 is 2.67 bits per heavy atom. The first-order valence-electron chi connectivity index (χ1n) is 2.95. The molecule has 3 nitrogen and oxygen atoms in total. The standard InChI is InChI=1S/C7H6FNO2.Li/c1-4-2-5(7(10)11)3-9-6(4)8;/h2-3H,1H3,(H,10,11);/q;+1/p-1. The molecule has 0 bridgehead atoms. The minimum Gasteiger partial charge on any atom is -0.545 e. The molecule has 0 saturated carbocycles. The number of nitrogens with zero attached hydrogens (tertiary/aromatic N) is 1. The molecule has 0 saturated heterocycles. The number of pyridine rings is 1. The van der Waals surface area contributed by atoms with Crippen LogP contribution in [0.3, 0.4) is 0 Å². The predicted molar refractivity (Wildman–Crippen MR) is 33.3 cm³/mol. The third kappa shape index (κ3) is 2.33. The van der Waals surface area contributed by atoms with Crippen LogP contribution in [0.15, 0.2) is 12.3 Å². The minimum atomic E-state index is -1.35. The van der Waals surface area contributed by atoms with Crippen LogP contribution in [0, 0.1) is 12.9 Å². The van der Waals surface area contributed by atoms with Crippen LogP contribution in [0.5, 0.6) is 0 Å². The van der Waals surface area contributed by atoms with E-state index in [0.717, 1.165) is 6.20 Å². The molecule has 1 aromatic rings. The minimum absolute atomic E-state index is 0. The van der Waals surface area contributed by atoms with E-state index in [9.17, 15) is 14.3 Å². The molecule has 0 aliphatic heterocycles. The van der Waals surface area contributed by atoms with Gasteiger partial charge < -0.3 is 9.90 Å². The Balaban J connectivity index is 0.00000121. The maximum atomic E-state index is 12.4. The van der Waals surface area contributed by atoms with Crippen LogP contribution in [0.2, 0.25) is 0 Å². The number of rotatable bonds is 1. The van der Waals surface area contributed by atoms with Crippen molar-refractivity contribution in [2.24, 2.45) is 0 Å². The Kier molecular flexibility index (Phi) is 3.94. The molecule has 0 aromatic carbocycles. The molecule has 0 spiro atoms. The molecular weight excluding hydrogens is 156 g/mol. The van der Waals surface area contributed by atoms with Gasteiger partial charge in [0.2, 0.25) is 5.95 Å². The summed E-state index contributed by atoms with van der Waals surface area (Å²) in [4.78, 5) is 13.4. The zero-order valence-corrected chi connectivity index (χ0v) is 6.80. The van der Waals surface area contributed by atoms with Crippen molar-refractivity contribution in [2.75, 3.05) is 0 Å². The smallest absolute Gasteiger partial charge is 0.545 e. The van der Waals surface area contributed by atoms with E-state index in [2.05, 4.69) is 4.98 Å². The second-order valence-corrected chi connectivity index (χ2v) is 2.12. The number of aryl methyl sites for hydroxylation is 1. The van der Waals surface area contributed by atoms with Crippen molar-refractivity contribution < 1.29 is 33.2 Å². The van der Waals surface area contributed by atoms with Crippen molar-refractivity contribution >= 4 is 5.97 Å². The van der Waals surface area contributed by atoms with Crippen LogP contribution in [-0.4, -0.2) is 11.0 Å². The van der Waals surface area contributed by atoms with E-state index in [1.807, 2.05) is 0 Å². The van der Waals surface area contributed by atoms with Gasteiger partial charge in [0.05, 0.1) is 5.97 Å². The van der Waals surface area contributed by atoms with Crippen LogP contribution < -0.4 is 24.0 Å². The molecule has 1 heterocycles. The topological polar surface area (TPSA) is 53.0 Å². The molecule has 12 heavy (non-hydrogen) atoms. The number of aromatic carboxylic acids is 1. The number of aromatic nitrogens is 1. The van der Waals surface area contributed by atoms with Gasteiger partial charge >= 0.3 is 18.9 Å².